The quantitative estimate of drug-likeness (QED) is 0.700. The molecule has 7 heteroatoms. The highest BCUT2D eigenvalue weighted by Crippen LogP contribution is 2.27. The van der Waals surface area contributed by atoms with E-state index in [0.29, 0.717) is 38.3 Å². The number of H-pyrrole nitrogens is 1. The Labute approximate surface area is 168 Å². The molecule has 0 unspecified atom stereocenters. The lowest BCUT2D eigenvalue weighted by Gasteiger charge is -2.33. The van der Waals surface area contributed by atoms with E-state index in [9.17, 15) is 9.59 Å². The molecule has 0 radical (unpaired) electrons. The van der Waals surface area contributed by atoms with Gasteiger partial charge in [0, 0.05) is 43.3 Å². The second-order valence-electron chi connectivity index (χ2n) is 7.68. The predicted octanol–water partition coefficient (Wildman–Crippen LogP) is 2.52. The van der Waals surface area contributed by atoms with Crippen molar-refractivity contribution < 1.29 is 9.59 Å². The maximum absolute atomic E-state index is 13.1. The largest absolute Gasteiger partial charge is 0.351 e. The van der Waals surface area contributed by atoms with E-state index < -0.39 is 0 Å². The normalized spacial score (nSPS) is 18.4. The van der Waals surface area contributed by atoms with Crippen LogP contribution in [0.1, 0.15) is 35.0 Å². The van der Waals surface area contributed by atoms with Crippen LogP contribution in [0.5, 0.6) is 0 Å². The minimum Gasteiger partial charge on any atom is -0.351 e. The number of aromatic amines is 1. The van der Waals surface area contributed by atoms with Gasteiger partial charge in [0.15, 0.2) is 0 Å². The summed E-state index contributed by atoms with van der Waals surface area (Å²) >= 11 is 0. The molecule has 2 aromatic heterocycles. The highest BCUT2D eigenvalue weighted by molar-refractivity contribution is 5.98. The summed E-state index contributed by atoms with van der Waals surface area (Å²) in [4.78, 5) is 37.1. The summed E-state index contributed by atoms with van der Waals surface area (Å²) in [7, 11) is 0. The summed E-state index contributed by atoms with van der Waals surface area (Å²) in [5.41, 5.74) is 2.32. The molecule has 0 saturated carbocycles. The van der Waals surface area contributed by atoms with Crippen molar-refractivity contribution >= 4 is 22.7 Å². The number of benzene rings is 1. The molecule has 5 rings (SSSR count). The van der Waals surface area contributed by atoms with Crippen LogP contribution in [0.2, 0.25) is 0 Å². The molecule has 1 atom stereocenters. The molecule has 2 aliphatic rings. The second-order valence-corrected chi connectivity index (χ2v) is 7.68. The Hall–Kier alpha value is -3.35. The van der Waals surface area contributed by atoms with Gasteiger partial charge in [-0.25, -0.2) is 4.98 Å². The first kappa shape index (κ1) is 17.7. The van der Waals surface area contributed by atoms with Crippen LogP contribution in [0.15, 0.2) is 48.7 Å². The Balaban J connectivity index is 1.34. The molecule has 0 spiro atoms. The number of imidazole rings is 1. The number of rotatable bonds is 3. The van der Waals surface area contributed by atoms with Crippen LogP contribution in [0.25, 0.3) is 10.9 Å². The number of amides is 2. The molecule has 1 aromatic carbocycles. The maximum atomic E-state index is 13.1. The van der Waals surface area contributed by atoms with Crippen molar-refractivity contribution in [3.8, 4) is 0 Å². The van der Waals surface area contributed by atoms with E-state index >= 15 is 0 Å². The number of nitrogens with zero attached hydrogens (tertiary/aromatic N) is 4. The topological polar surface area (TPSA) is 74.2 Å². The van der Waals surface area contributed by atoms with Gasteiger partial charge in [-0.05, 0) is 19.1 Å². The third-order valence-electron chi connectivity index (χ3n) is 5.80. The van der Waals surface area contributed by atoms with Gasteiger partial charge in [0.05, 0.1) is 18.2 Å². The maximum Gasteiger partial charge on any atom is 0.270 e. The first-order chi connectivity index (χ1) is 14.1. The molecule has 0 aliphatic carbocycles. The van der Waals surface area contributed by atoms with Gasteiger partial charge in [0.1, 0.15) is 11.5 Å². The molecule has 7 nitrogen and oxygen atoms in total. The average Bonchev–Trinajstić information content (AvgIpc) is 3.46. The lowest BCUT2D eigenvalue weighted by Crippen LogP contribution is -2.41. The van der Waals surface area contributed by atoms with Crippen molar-refractivity contribution in [3.05, 3.63) is 65.9 Å². The van der Waals surface area contributed by atoms with Crippen LogP contribution < -0.4 is 0 Å². The van der Waals surface area contributed by atoms with Crippen molar-refractivity contribution in [2.24, 2.45) is 0 Å². The zero-order chi connectivity index (χ0) is 20.0. The lowest BCUT2D eigenvalue weighted by atomic mass is 10.2. The third kappa shape index (κ3) is 3.12. The van der Waals surface area contributed by atoms with Crippen LogP contribution in [0.4, 0.5) is 0 Å². The van der Waals surface area contributed by atoms with Crippen LogP contribution in [0.3, 0.4) is 0 Å². The lowest BCUT2D eigenvalue weighted by molar-refractivity contribution is -0.129. The molecule has 3 aromatic rings. The summed E-state index contributed by atoms with van der Waals surface area (Å²) in [6.07, 6.45) is 6.26. The van der Waals surface area contributed by atoms with E-state index in [4.69, 9.17) is 4.98 Å². The molecule has 0 saturated heterocycles. The van der Waals surface area contributed by atoms with Gasteiger partial charge in [-0.15, -0.1) is 0 Å². The summed E-state index contributed by atoms with van der Waals surface area (Å²) < 4.78 is 2.07. The Morgan fingerprint density at radius 2 is 1.97 bits per heavy atom. The van der Waals surface area contributed by atoms with Gasteiger partial charge < -0.3 is 19.4 Å². The van der Waals surface area contributed by atoms with Crippen molar-refractivity contribution in [1.82, 2.24) is 24.3 Å². The number of carbonyl (C=O) groups excluding carboxylic acids is 2. The summed E-state index contributed by atoms with van der Waals surface area (Å²) in [6, 6.07) is 9.63. The molecule has 29 heavy (non-hydrogen) atoms. The fraction of sp³-hybridized carbons (Fsp3) is 0.318. The number of hydrogen-bond acceptors (Lipinski definition) is 3. The van der Waals surface area contributed by atoms with Crippen LogP contribution in [-0.4, -0.2) is 55.8 Å². The second kappa shape index (κ2) is 6.92. The van der Waals surface area contributed by atoms with E-state index in [-0.39, 0.29) is 17.9 Å². The van der Waals surface area contributed by atoms with E-state index in [1.807, 2.05) is 65.4 Å². The predicted molar refractivity (Wildman–Crippen MR) is 109 cm³/mol. The molecule has 2 amide bonds. The molecule has 4 heterocycles. The van der Waals surface area contributed by atoms with Crippen LogP contribution in [-0.2, 0) is 17.8 Å². The molecule has 1 N–H and O–H groups in total. The monoisotopic (exact) mass is 389 g/mol. The number of hydrogen-bond donors (Lipinski definition) is 1. The van der Waals surface area contributed by atoms with Gasteiger partial charge in [0.25, 0.3) is 5.91 Å². The third-order valence-corrected chi connectivity index (χ3v) is 5.80. The Morgan fingerprint density at radius 3 is 2.76 bits per heavy atom. The number of carbonyl (C=O) groups is 2. The molecule has 2 aliphatic heterocycles. The van der Waals surface area contributed by atoms with Crippen LogP contribution in [0, 0.1) is 0 Å². The molecule has 148 valence electrons. The van der Waals surface area contributed by atoms with E-state index in [2.05, 4.69) is 9.55 Å². The minimum absolute atomic E-state index is 0.0243. The SMILES string of the molecule is C[C@H]1c2nc(CC(=O)N3CC=CC3)cn2CCN1C(=O)c1cc2ccccc2[nH]1. The summed E-state index contributed by atoms with van der Waals surface area (Å²) in [6.45, 7) is 4.64. The van der Waals surface area contributed by atoms with Crippen LogP contribution >= 0.6 is 0 Å². The van der Waals surface area contributed by atoms with Gasteiger partial charge in [-0.3, -0.25) is 9.59 Å². The molecule has 0 fully saturated rings. The molecular weight excluding hydrogens is 366 g/mol. The van der Waals surface area contributed by atoms with E-state index in [1.54, 1.807) is 0 Å². The minimum atomic E-state index is -0.153. The first-order valence-electron chi connectivity index (χ1n) is 9.97. The smallest absolute Gasteiger partial charge is 0.270 e. The van der Waals surface area contributed by atoms with Gasteiger partial charge >= 0.3 is 0 Å². The van der Waals surface area contributed by atoms with E-state index in [1.165, 1.54) is 0 Å². The Morgan fingerprint density at radius 1 is 1.17 bits per heavy atom. The fourth-order valence-electron chi connectivity index (χ4n) is 4.20. The highest BCUT2D eigenvalue weighted by atomic mass is 16.2. The number of fused-ring (bicyclic) bond motifs is 2. The summed E-state index contributed by atoms with van der Waals surface area (Å²) in [5.74, 6) is 0.899. The van der Waals surface area contributed by atoms with Gasteiger partial charge in [0.2, 0.25) is 5.91 Å². The van der Waals surface area contributed by atoms with Crippen molar-refractivity contribution in [2.75, 3.05) is 19.6 Å². The van der Waals surface area contributed by atoms with Gasteiger partial charge in [-0.1, -0.05) is 30.4 Å². The highest BCUT2D eigenvalue weighted by Gasteiger charge is 2.31. The number of aromatic nitrogens is 3. The van der Waals surface area contributed by atoms with Crippen molar-refractivity contribution in [3.63, 3.8) is 0 Å². The van der Waals surface area contributed by atoms with E-state index in [0.717, 1.165) is 22.4 Å². The first-order valence-corrected chi connectivity index (χ1v) is 9.97. The summed E-state index contributed by atoms with van der Waals surface area (Å²) in [5, 5.41) is 1.03. The van der Waals surface area contributed by atoms with Crippen molar-refractivity contribution in [2.45, 2.75) is 25.9 Å². The average molecular weight is 389 g/mol. The molecule has 0 bridgehead atoms. The zero-order valence-corrected chi connectivity index (χ0v) is 16.3. The zero-order valence-electron chi connectivity index (χ0n) is 16.3. The van der Waals surface area contributed by atoms with Gasteiger partial charge in [-0.2, -0.15) is 0 Å². The standard InChI is InChI=1S/C22H23N5O2/c1-15-21-23-17(13-20(28)25-8-4-5-9-25)14-26(21)10-11-27(15)22(29)19-12-16-6-2-3-7-18(16)24-19/h2-7,12,14-15,24H,8-11,13H2,1H3/t15-/m0/s1. The molecular formula is C22H23N5O2. The number of para-hydroxylation sites is 1. The Bertz CT molecular complexity index is 1080. The number of nitrogens with one attached hydrogen (secondary N) is 1. The van der Waals surface area contributed by atoms with Crippen molar-refractivity contribution in [1.29, 1.82) is 0 Å². The Kier molecular flexibility index (Phi) is 4.23. The fourth-order valence-corrected chi connectivity index (χ4v) is 4.20.